The van der Waals surface area contributed by atoms with E-state index in [1.807, 2.05) is 35.8 Å². The van der Waals surface area contributed by atoms with Gasteiger partial charge in [-0.05, 0) is 42.7 Å². The van der Waals surface area contributed by atoms with Crippen LogP contribution in [0.5, 0.6) is 0 Å². The van der Waals surface area contributed by atoms with Crippen molar-refractivity contribution in [2.24, 2.45) is 0 Å². The average Bonchev–Trinajstić information content (AvgIpc) is 3.17. The Bertz CT molecular complexity index is 1250. The first-order chi connectivity index (χ1) is 15.9. The van der Waals surface area contributed by atoms with Crippen molar-refractivity contribution in [1.82, 2.24) is 13.9 Å². The third-order valence-electron chi connectivity index (χ3n) is 5.81. The minimum Gasteiger partial charge on any atom is -0.457 e. The predicted molar refractivity (Wildman–Crippen MR) is 124 cm³/mol. The first-order valence-corrected chi connectivity index (χ1v) is 12.6. The molecule has 0 aliphatic carbocycles. The van der Waals surface area contributed by atoms with Gasteiger partial charge in [-0.15, -0.1) is 0 Å². The molecule has 0 bridgehead atoms. The number of fused-ring (bicyclic) bond motifs is 1. The molecule has 0 atom stereocenters. The van der Waals surface area contributed by atoms with E-state index in [2.05, 4.69) is 11.9 Å². The topological polar surface area (TPSA) is 90.7 Å². The third-order valence-corrected chi connectivity index (χ3v) is 7.71. The van der Waals surface area contributed by atoms with Gasteiger partial charge < -0.3 is 14.0 Å². The molecule has 0 amide bonds. The molecule has 33 heavy (non-hydrogen) atoms. The normalized spacial score (nSPS) is 15.1. The average molecular weight is 472 g/mol. The van der Waals surface area contributed by atoms with Gasteiger partial charge in [0.15, 0.2) is 0 Å². The van der Waals surface area contributed by atoms with Gasteiger partial charge in [-0.25, -0.2) is 13.4 Å². The molecule has 1 fully saturated rings. The summed E-state index contributed by atoms with van der Waals surface area (Å²) in [5.74, 6) is 0.279. The van der Waals surface area contributed by atoms with Gasteiger partial charge in [-0.2, -0.15) is 4.31 Å². The molecule has 0 radical (unpaired) electrons. The Kier molecular flexibility index (Phi) is 7.11. The van der Waals surface area contributed by atoms with Crippen molar-refractivity contribution in [2.75, 3.05) is 26.3 Å². The Balaban J connectivity index is 1.55. The summed E-state index contributed by atoms with van der Waals surface area (Å²) in [6.07, 6.45) is 1.06. The van der Waals surface area contributed by atoms with Gasteiger partial charge in [-0.1, -0.05) is 31.2 Å². The zero-order valence-electron chi connectivity index (χ0n) is 19.0. The van der Waals surface area contributed by atoms with Crippen LogP contribution in [0.1, 0.15) is 30.3 Å². The van der Waals surface area contributed by atoms with Crippen LogP contribution in [0.25, 0.3) is 11.0 Å². The maximum absolute atomic E-state index is 13.0. The predicted octanol–water partition coefficient (Wildman–Crippen LogP) is 3.06. The van der Waals surface area contributed by atoms with E-state index in [1.54, 1.807) is 18.2 Å². The van der Waals surface area contributed by atoms with Gasteiger partial charge in [0, 0.05) is 19.6 Å². The van der Waals surface area contributed by atoms with E-state index < -0.39 is 10.0 Å². The first-order valence-electron chi connectivity index (χ1n) is 11.2. The second-order valence-electron chi connectivity index (χ2n) is 8.11. The molecular weight excluding hydrogens is 442 g/mol. The highest BCUT2D eigenvalue weighted by atomic mass is 32.2. The molecule has 8 nitrogen and oxygen atoms in total. The quantitative estimate of drug-likeness (QED) is 0.469. The fourth-order valence-corrected chi connectivity index (χ4v) is 5.43. The molecule has 3 aromatic rings. The molecule has 9 heteroatoms. The Morgan fingerprint density at radius 2 is 1.91 bits per heavy atom. The highest BCUT2D eigenvalue weighted by molar-refractivity contribution is 7.89. The summed E-state index contributed by atoms with van der Waals surface area (Å²) in [7, 11) is -3.62. The maximum Gasteiger partial charge on any atom is 0.310 e. The van der Waals surface area contributed by atoms with Crippen LogP contribution in [0.15, 0.2) is 47.4 Å². The maximum atomic E-state index is 13.0. The molecule has 2 heterocycles. The van der Waals surface area contributed by atoms with Crippen LogP contribution in [0.3, 0.4) is 0 Å². The van der Waals surface area contributed by atoms with E-state index in [-0.39, 0.29) is 23.9 Å². The van der Waals surface area contributed by atoms with Gasteiger partial charge in [-0.3, -0.25) is 4.79 Å². The number of esters is 1. The number of nitrogens with zero attached hydrogens (tertiary/aromatic N) is 3. The number of carbonyl (C=O) groups excluding carboxylic acids is 1. The summed E-state index contributed by atoms with van der Waals surface area (Å²) in [5.41, 5.74) is 3.37. The standard InChI is InChI=1S/C24H29N3O5S/c1-3-10-27-22-9-8-20(33(29,30)26-11-13-31-14-12-26)16-21(22)25-23(27)17-32-24(28)15-19-7-5-4-6-18(19)2/h4-9,16H,3,10-15,17H2,1-2H3. The number of morpholine rings is 1. The van der Waals surface area contributed by atoms with Crippen molar-refractivity contribution in [3.63, 3.8) is 0 Å². The van der Waals surface area contributed by atoms with Crippen LogP contribution in [0, 0.1) is 6.92 Å². The Morgan fingerprint density at radius 3 is 2.64 bits per heavy atom. The summed E-state index contributed by atoms with van der Waals surface area (Å²) in [6.45, 7) is 6.21. The van der Waals surface area contributed by atoms with Gasteiger partial charge in [0.05, 0.1) is 35.6 Å². The minimum atomic E-state index is -3.62. The van der Waals surface area contributed by atoms with E-state index in [1.165, 1.54) is 4.31 Å². The van der Waals surface area contributed by atoms with E-state index in [0.717, 1.165) is 23.1 Å². The van der Waals surface area contributed by atoms with E-state index in [0.29, 0.717) is 44.2 Å². The second-order valence-corrected chi connectivity index (χ2v) is 10.0. The zero-order chi connectivity index (χ0) is 23.4. The summed E-state index contributed by atoms with van der Waals surface area (Å²) < 4.78 is 40.3. The molecule has 1 aromatic heterocycles. The van der Waals surface area contributed by atoms with Crippen LogP contribution in [-0.4, -0.2) is 54.5 Å². The lowest BCUT2D eigenvalue weighted by Gasteiger charge is -2.26. The van der Waals surface area contributed by atoms with Crippen molar-refractivity contribution >= 4 is 27.0 Å². The number of sulfonamides is 1. The fourth-order valence-electron chi connectivity index (χ4n) is 4.00. The van der Waals surface area contributed by atoms with Crippen LogP contribution in [0.2, 0.25) is 0 Å². The fraction of sp³-hybridized carbons (Fsp3) is 0.417. The highest BCUT2D eigenvalue weighted by Crippen LogP contribution is 2.24. The molecule has 4 rings (SSSR count). The number of hydrogen-bond acceptors (Lipinski definition) is 6. The molecule has 1 aliphatic heterocycles. The summed E-state index contributed by atoms with van der Waals surface area (Å²) in [6, 6.07) is 12.7. The molecule has 2 aromatic carbocycles. The van der Waals surface area contributed by atoms with Gasteiger partial charge >= 0.3 is 5.97 Å². The Labute approximate surface area is 194 Å². The van der Waals surface area contributed by atoms with Crippen molar-refractivity contribution in [2.45, 2.75) is 44.7 Å². The van der Waals surface area contributed by atoms with Gasteiger partial charge in [0.1, 0.15) is 12.4 Å². The number of ether oxygens (including phenoxy) is 2. The smallest absolute Gasteiger partial charge is 0.310 e. The van der Waals surface area contributed by atoms with Crippen molar-refractivity contribution < 1.29 is 22.7 Å². The summed E-state index contributed by atoms with van der Waals surface area (Å²) in [4.78, 5) is 17.3. The molecule has 0 N–H and O–H groups in total. The van der Waals surface area contributed by atoms with Gasteiger partial charge in [0.25, 0.3) is 0 Å². The molecule has 1 aliphatic rings. The lowest BCUT2D eigenvalue weighted by molar-refractivity contribution is -0.144. The van der Waals surface area contributed by atoms with E-state index in [4.69, 9.17) is 9.47 Å². The minimum absolute atomic E-state index is 0.0327. The molecule has 0 unspecified atom stereocenters. The van der Waals surface area contributed by atoms with E-state index in [9.17, 15) is 13.2 Å². The molecule has 0 spiro atoms. The van der Waals surface area contributed by atoms with Gasteiger partial charge in [0.2, 0.25) is 10.0 Å². The number of hydrogen-bond donors (Lipinski definition) is 0. The van der Waals surface area contributed by atoms with Crippen LogP contribution in [-0.2, 0) is 43.9 Å². The second kappa shape index (κ2) is 10.0. The largest absolute Gasteiger partial charge is 0.457 e. The molecule has 1 saturated heterocycles. The van der Waals surface area contributed by atoms with Crippen molar-refractivity contribution in [3.05, 3.63) is 59.4 Å². The van der Waals surface area contributed by atoms with Crippen LogP contribution in [0.4, 0.5) is 0 Å². The van der Waals surface area contributed by atoms with Crippen molar-refractivity contribution in [3.8, 4) is 0 Å². The first kappa shape index (κ1) is 23.4. The third kappa shape index (κ3) is 5.10. The monoisotopic (exact) mass is 471 g/mol. The number of aromatic nitrogens is 2. The van der Waals surface area contributed by atoms with E-state index >= 15 is 0 Å². The van der Waals surface area contributed by atoms with Crippen LogP contribution >= 0.6 is 0 Å². The zero-order valence-corrected chi connectivity index (χ0v) is 19.8. The number of benzene rings is 2. The Morgan fingerprint density at radius 1 is 1.15 bits per heavy atom. The highest BCUT2D eigenvalue weighted by Gasteiger charge is 2.27. The lowest BCUT2D eigenvalue weighted by atomic mass is 10.1. The number of imidazole rings is 1. The molecular formula is C24H29N3O5S. The molecule has 0 saturated carbocycles. The van der Waals surface area contributed by atoms with Crippen LogP contribution < -0.4 is 0 Å². The Hall–Kier alpha value is -2.75. The SMILES string of the molecule is CCCn1c(COC(=O)Cc2ccccc2C)nc2cc(S(=O)(=O)N3CCOCC3)ccc21. The number of carbonyl (C=O) groups is 1. The summed E-state index contributed by atoms with van der Waals surface area (Å²) in [5, 5.41) is 0. The van der Waals surface area contributed by atoms with Crippen molar-refractivity contribution in [1.29, 1.82) is 0 Å². The number of rotatable bonds is 8. The lowest BCUT2D eigenvalue weighted by Crippen LogP contribution is -2.40. The molecule has 176 valence electrons. The summed E-state index contributed by atoms with van der Waals surface area (Å²) >= 11 is 0. The number of aryl methyl sites for hydroxylation is 2.